The van der Waals surface area contributed by atoms with Crippen molar-refractivity contribution in [2.24, 2.45) is 11.5 Å². The minimum atomic E-state index is 0.144. The molecular weight excluding hydrogens is 148 g/mol. The first kappa shape index (κ1) is 9.23. The van der Waals surface area contributed by atoms with Crippen LogP contribution in [0.25, 0.3) is 0 Å². The van der Waals surface area contributed by atoms with Gasteiger partial charge in [-0.1, -0.05) is 30.3 Å². The Morgan fingerprint density at radius 1 is 1.17 bits per heavy atom. The third-order valence-corrected chi connectivity index (χ3v) is 1.95. The molecule has 1 rings (SSSR count). The van der Waals surface area contributed by atoms with Gasteiger partial charge in [-0.3, -0.25) is 0 Å². The average Bonchev–Trinajstić information content (AvgIpc) is 2.16. The summed E-state index contributed by atoms with van der Waals surface area (Å²) in [7, 11) is 0. The van der Waals surface area contributed by atoms with Crippen molar-refractivity contribution in [3.05, 3.63) is 35.9 Å². The Labute approximate surface area is 73.6 Å². The SMILES string of the molecule is NC[C@H](N)CCc1ccccc1. The Balaban J connectivity index is 2.33. The summed E-state index contributed by atoms with van der Waals surface area (Å²) < 4.78 is 0. The first-order valence-corrected chi connectivity index (χ1v) is 4.32. The van der Waals surface area contributed by atoms with Crippen molar-refractivity contribution >= 4 is 0 Å². The van der Waals surface area contributed by atoms with Crippen molar-refractivity contribution in [2.75, 3.05) is 6.54 Å². The molecule has 66 valence electrons. The fourth-order valence-electron chi connectivity index (χ4n) is 1.11. The third kappa shape index (κ3) is 3.03. The van der Waals surface area contributed by atoms with Crippen LogP contribution in [0.4, 0.5) is 0 Å². The van der Waals surface area contributed by atoms with E-state index in [2.05, 4.69) is 12.1 Å². The zero-order chi connectivity index (χ0) is 8.81. The van der Waals surface area contributed by atoms with Gasteiger partial charge in [0.1, 0.15) is 0 Å². The molecule has 1 aromatic carbocycles. The van der Waals surface area contributed by atoms with Crippen molar-refractivity contribution in [1.82, 2.24) is 0 Å². The highest BCUT2D eigenvalue weighted by Gasteiger charge is 1.98. The van der Waals surface area contributed by atoms with E-state index in [1.807, 2.05) is 18.2 Å². The molecule has 2 nitrogen and oxygen atoms in total. The Kier molecular flexibility index (Phi) is 3.77. The van der Waals surface area contributed by atoms with Gasteiger partial charge in [0.2, 0.25) is 0 Å². The number of rotatable bonds is 4. The number of hydrogen-bond acceptors (Lipinski definition) is 2. The van der Waals surface area contributed by atoms with Crippen molar-refractivity contribution < 1.29 is 0 Å². The van der Waals surface area contributed by atoms with Crippen LogP contribution in [0.5, 0.6) is 0 Å². The summed E-state index contributed by atoms with van der Waals surface area (Å²) in [4.78, 5) is 0. The standard InChI is InChI=1S/C10H16N2/c11-8-10(12)7-6-9-4-2-1-3-5-9/h1-5,10H,6-8,11-12H2/t10-/m1/s1. The number of aryl methyl sites for hydroxylation is 1. The molecule has 0 aliphatic rings. The monoisotopic (exact) mass is 164 g/mol. The van der Waals surface area contributed by atoms with Gasteiger partial charge in [0.05, 0.1) is 0 Å². The van der Waals surface area contributed by atoms with Crippen molar-refractivity contribution in [3.8, 4) is 0 Å². The van der Waals surface area contributed by atoms with Gasteiger partial charge in [0.15, 0.2) is 0 Å². The Morgan fingerprint density at radius 2 is 1.83 bits per heavy atom. The highest BCUT2D eigenvalue weighted by molar-refractivity contribution is 5.14. The molecule has 0 saturated heterocycles. The van der Waals surface area contributed by atoms with Gasteiger partial charge < -0.3 is 11.5 Å². The first-order valence-electron chi connectivity index (χ1n) is 4.32. The van der Waals surface area contributed by atoms with Crippen LogP contribution in [0.15, 0.2) is 30.3 Å². The molecule has 4 N–H and O–H groups in total. The van der Waals surface area contributed by atoms with E-state index in [1.54, 1.807) is 0 Å². The van der Waals surface area contributed by atoms with Crippen LogP contribution < -0.4 is 11.5 Å². The highest BCUT2D eigenvalue weighted by Crippen LogP contribution is 2.02. The summed E-state index contributed by atoms with van der Waals surface area (Å²) in [6.45, 7) is 0.576. The molecule has 0 aliphatic heterocycles. The molecule has 1 aromatic rings. The summed E-state index contributed by atoms with van der Waals surface area (Å²) in [5.41, 5.74) is 12.4. The molecule has 0 bridgehead atoms. The average molecular weight is 164 g/mol. The molecule has 0 aromatic heterocycles. The topological polar surface area (TPSA) is 52.0 Å². The molecule has 1 atom stereocenters. The van der Waals surface area contributed by atoms with E-state index < -0.39 is 0 Å². The normalized spacial score (nSPS) is 12.8. The largest absolute Gasteiger partial charge is 0.329 e. The van der Waals surface area contributed by atoms with Crippen LogP contribution in [0.3, 0.4) is 0 Å². The zero-order valence-corrected chi connectivity index (χ0v) is 7.24. The lowest BCUT2D eigenvalue weighted by atomic mass is 10.1. The number of benzene rings is 1. The molecule has 0 aliphatic carbocycles. The lowest BCUT2D eigenvalue weighted by molar-refractivity contribution is 0.623. The van der Waals surface area contributed by atoms with Gasteiger partial charge in [0, 0.05) is 12.6 Å². The maximum Gasteiger partial charge on any atom is 0.0166 e. The van der Waals surface area contributed by atoms with Gasteiger partial charge in [-0.25, -0.2) is 0 Å². The molecule has 0 heterocycles. The second kappa shape index (κ2) is 4.91. The van der Waals surface area contributed by atoms with Crippen LogP contribution in [-0.2, 0) is 6.42 Å². The Bertz CT molecular complexity index is 208. The Morgan fingerprint density at radius 3 is 2.42 bits per heavy atom. The quantitative estimate of drug-likeness (QED) is 0.695. The minimum Gasteiger partial charge on any atom is -0.329 e. The van der Waals surface area contributed by atoms with Gasteiger partial charge in [0.25, 0.3) is 0 Å². The van der Waals surface area contributed by atoms with Gasteiger partial charge >= 0.3 is 0 Å². The van der Waals surface area contributed by atoms with Crippen molar-refractivity contribution in [3.63, 3.8) is 0 Å². The molecule has 0 unspecified atom stereocenters. The van der Waals surface area contributed by atoms with Crippen LogP contribution in [0, 0.1) is 0 Å². The van der Waals surface area contributed by atoms with E-state index in [9.17, 15) is 0 Å². The van der Waals surface area contributed by atoms with E-state index in [-0.39, 0.29) is 6.04 Å². The van der Waals surface area contributed by atoms with Gasteiger partial charge in [-0.15, -0.1) is 0 Å². The zero-order valence-electron chi connectivity index (χ0n) is 7.24. The predicted octanol–water partition coefficient (Wildman–Crippen LogP) is 0.905. The fraction of sp³-hybridized carbons (Fsp3) is 0.400. The molecule has 0 saturated carbocycles. The van der Waals surface area contributed by atoms with Crippen LogP contribution >= 0.6 is 0 Å². The van der Waals surface area contributed by atoms with Gasteiger partial charge in [-0.2, -0.15) is 0 Å². The van der Waals surface area contributed by atoms with Crippen LogP contribution in [-0.4, -0.2) is 12.6 Å². The van der Waals surface area contributed by atoms with E-state index in [0.717, 1.165) is 12.8 Å². The molecule has 0 amide bonds. The third-order valence-electron chi connectivity index (χ3n) is 1.95. The summed E-state index contributed by atoms with van der Waals surface area (Å²) in [6.07, 6.45) is 2.00. The van der Waals surface area contributed by atoms with Crippen LogP contribution in [0.1, 0.15) is 12.0 Å². The summed E-state index contributed by atoms with van der Waals surface area (Å²) in [5.74, 6) is 0. The van der Waals surface area contributed by atoms with E-state index >= 15 is 0 Å². The molecule has 12 heavy (non-hydrogen) atoms. The van der Waals surface area contributed by atoms with Crippen molar-refractivity contribution in [1.29, 1.82) is 0 Å². The summed E-state index contributed by atoms with van der Waals surface area (Å²) >= 11 is 0. The van der Waals surface area contributed by atoms with E-state index in [1.165, 1.54) is 5.56 Å². The molecule has 0 fully saturated rings. The fourth-order valence-corrected chi connectivity index (χ4v) is 1.11. The predicted molar refractivity (Wildman–Crippen MR) is 51.8 cm³/mol. The molecule has 0 spiro atoms. The number of nitrogens with two attached hydrogens (primary N) is 2. The van der Waals surface area contributed by atoms with Gasteiger partial charge in [-0.05, 0) is 18.4 Å². The summed E-state index contributed by atoms with van der Waals surface area (Å²) in [6, 6.07) is 10.5. The lowest BCUT2D eigenvalue weighted by Crippen LogP contribution is -2.29. The maximum atomic E-state index is 5.70. The minimum absolute atomic E-state index is 0.144. The maximum absolute atomic E-state index is 5.70. The van der Waals surface area contributed by atoms with E-state index in [4.69, 9.17) is 11.5 Å². The second-order valence-corrected chi connectivity index (χ2v) is 3.02. The highest BCUT2D eigenvalue weighted by atomic mass is 14.7. The molecule has 2 heteroatoms. The molecular formula is C10H16N2. The lowest BCUT2D eigenvalue weighted by Gasteiger charge is -2.07. The van der Waals surface area contributed by atoms with Crippen molar-refractivity contribution in [2.45, 2.75) is 18.9 Å². The first-order chi connectivity index (χ1) is 5.83. The van der Waals surface area contributed by atoms with E-state index in [0.29, 0.717) is 6.54 Å². The van der Waals surface area contributed by atoms with Crippen LogP contribution in [0.2, 0.25) is 0 Å². The molecule has 0 radical (unpaired) electrons. The number of hydrogen-bond donors (Lipinski definition) is 2. The summed E-state index contributed by atoms with van der Waals surface area (Å²) in [5, 5.41) is 0. The second-order valence-electron chi connectivity index (χ2n) is 3.02. The Hall–Kier alpha value is -0.860. The smallest absolute Gasteiger partial charge is 0.0166 e.